The molecule has 2 rings (SSSR count). The summed E-state index contributed by atoms with van der Waals surface area (Å²) >= 11 is 6.02. The van der Waals surface area contributed by atoms with Gasteiger partial charge in [0.25, 0.3) is 0 Å². The molecule has 0 aliphatic heterocycles. The molecule has 0 radical (unpaired) electrons. The third kappa shape index (κ3) is 3.95. The van der Waals surface area contributed by atoms with E-state index in [4.69, 9.17) is 16.3 Å². The molecule has 0 saturated heterocycles. The van der Waals surface area contributed by atoms with Gasteiger partial charge in [-0.3, -0.25) is 4.79 Å². The fraction of sp³-hybridized carbons (Fsp3) is 0.188. The van der Waals surface area contributed by atoms with Crippen LogP contribution in [-0.2, 0) is 4.79 Å². The standard InChI is InChI=1S/C16H14ClFO3/c17-13-6-2-1-5-11(13)12(16(19)20)9-10-21-15-8-4-3-7-14(15)18/h1-8,12H,9-10H2,(H,19,20). The number of aliphatic carboxylic acids is 1. The van der Waals surface area contributed by atoms with Crippen LogP contribution in [0.2, 0.25) is 5.02 Å². The van der Waals surface area contributed by atoms with Gasteiger partial charge in [0.05, 0.1) is 12.5 Å². The van der Waals surface area contributed by atoms with Crippen molar-refractivity contribution < 1.29 is 19.0 Å². The van der Waals surface area contributed by atoms with Crippen LogP contribution in [0.3, 0.4) is 0 Å². The van der Waals surface area contributed by atoms with E-state index in [0.717, 1.165) is 0 Å². The van der Waals surface area contributed by atoms with E-state index in [1.165, 1.54) is 12.1 Å². The molecule has 0 aliphatic carbocycles. The van der Waals surface area contributed by atoms with Crippen molar-refractivity contribution in [2.75, 3.05) is 6.61 Å². The highest BCUT2D eigenvalue weighted by molar-refractivity contribution is 6.31. The molecule has 21 heavy (non-hydrogen) atoms. The summed E-state index contributed by atoms with van der Waals surface area (Å²) < 4.78 is 18.7. The number of carboxylic acid groups (broad SMARTS) is 1. The fourth-order valence-electron chi connectivity index (χ4n) is 2.02. The molecule has 1 N–H and O–H groups in total. The summed E-state index contributed by atoms with van der Waals surface area (Å²) in [5, 5.41) is 9.71. The second-order valence-corrected chi connectivity index (χ2v) is 4.89. The van der Waals surface area contributed by atoms with Gasteiger partial charge in [-0.2, -0.15) is 0 Å². The lowest BCUT2D eigenvalue weighted by molar-refractivity contribution is -0.139. The zero-order valence-corrected chi connectivity index (χ0v) is 11.9. The van der Waals surface area contributed by atoms with Crippen molar-refractivity contribution in [1.82, 2.24) is 0 Å². The molecule has 0 bridgehead atoms. The first-order chi connectivity index (χ1) is 10.1. The molecule has 1 atom stereocenters. The van der Waals surface area contributed by atoms with E-state index in [1.54, 1.807) is 36.4 Å². The quantitative estimate of drug-likeness (QED) is 0.873. The number of carbonyl (C=O) groups is 1. The Morgan fingerprint density at radius 1 is 1.19 bits per heavy atom. The van der Waals surface area contributed by atoms with Gasteiger partial charge in [-0.05, 0) is 30.2 Å². The van der Waals surface area contributed by atoms with Crippen LogP contribution in [-0.4, -0.2) is 17.7 Å². The normalized spacial score (nSPS) is 11.9. The minimum atomic E-state index is -0.986. The molecule has 5 heteroatoms. The van der Waals surface area contributed by atoms with Crippen LogP contribution in [0.25, 0.3) is 0 Å². The van der Waals surface area contributed by atoms with E-state index in [2.05, 4.69) is 0 Å². The number of rotatable bonds is 6. The number of carboxylic acids is 1. The average Bonchev–Trinajstić information content (AvgIpc) is 2.46. The van der Waals surface area contributed by atoms with Crippen molar-refractivity contribution in [3.05, 3.63) is 64.9 Å². The van der Waals surface area contributed by atoms with Gasteiger partial charge in [-0.25, -0.2) is 4.39 Å². The fourth-order valence-corrected chi connectivity index (χ4v) is 2.29. The molecule has 0 heterocycles. The Hall–Kier alpha value is -2.07. The third-order valence-corrected chi connectivity index (χ3v) is 3.42. The largest absolute Gasteiger partial charge is 0.490 e. The number of ether oxygens (including phenoxy) is 1. The molecule has 0 spiro atoms. The van der Waals surface area contributed by atoms with Crippen LogP contribution in [0, 0.1) is 5.82 Å². The maximum absolute atomic E-state index is 13.4. The van der Waals surface area contributed by atoms with E-state index >= 15 is 0 Å². The summed E-state index contributed by atoms with van der Waals surface area (Å²) in [4.78, 5) is 11.4. The summed E-state index contributed by atoms with van der Waals surface area (Å²) in [6.45, 7) is 0.0864. The first-order valence-electron chi connectivity index (χ1n) is 6.44. The molecule has 0 aromatic heterocycles. The third-order valence-electron chi connectivity index (χ3n) is 3.08. The summed E-state index contributed by atoms with van der Waals surface area (Å²) in [6, 6.07) is 12.8. The van der Waals surface area contributed by atoms with E-state index in [1.807, 2.05) is 0 Å². The summed E-state index contributed by atoms with van der Waals surface area (Å²) in [5.74, 6) is -2.13. The summed E-state index contributed by atoms with van der Waals surface area (Å²) in [5.41, 5.74) is 0.531. The maximum atomic E-state index is 13.4. The number of hydrogen-bond acceptors (Lipinski definition) is 2. The lowest BCUT2D eigenvalue weighted by atomic mass is 9.96. The Morgan fingerprint density at radius 2 is 1.86 bits per heavy atom. The molecule has 2 aromatic rings. The van der Waals surface area contributed by atoms with Crippen LogP contribution >= 0.6 is 11.6 Å². The van der Waals surface area contributed by atoms with Crippen LogP contribution in [0.15, 0.2) is 48.5 Å². The second kappa shape index (κ2) is 7.09. The highest BCUT2D eigenvalue weighted by Crippen LogP contribution is 2.27. The van der Waals surface area contributed by atoms with Gasteiger partial charge in [0.2, 0.25) is 0 Å². The molecule has 0 amide bonds. The first kappa shape index (κ1) is 15.3. The number of benzene rings is 2. The maximum Gasteiger partial charge on any atom is 0.311 e. The van der Waals surface area contributed by atoms with E-state index in [9.17, 15) is 14.3 Å². The van der Waals surface area contributed by atoms with Gasteiger partial charge in [0.1, 0.15) is 0 Å². The van der Waals surface area contributed by atoms with Crippen molar-refractivity contribution in [2.45, 2.75) is 12.3 Å². The molecule has 0 fully saturated rings. The highest BCUT2D eigenvalue weighted by atomic mass is 35.5. The molecule has 110 valence electrons. The SMILES string of the molecule is O=C(O)C(CCOc1ccccc1F)c1ccccc1Cl. The van der Waals surface area contributed by atoms with Crippen LogP contribution in [0.5, 0.6) is 5.75 Å². The van der Waals surface area contributed by atoms with Gasteiger partial charge < -0.3 is 9.84 Å². The summed E-state index contributed by atoms with van der Waals surface area (Å²) in [7, 11) is 0. The zero-order chi connectivity index (χ0) is 15.2. The minimum absolute atomic E-state index is 0.0864. The molecule has 2 aromatic carbocycles. The van der Waals surface area contributed by atoms with Gasteiger partial charge in [-0.15, -0.1) is 0 Å². The smallest absolute Gasteiger partial charge is 0.311 e. The lowest BCUT2D eigenvalue weighted by Crippen LogP contribution is -2.15. The van der Waals surface area contributed by atoms with Crippen molar-refractivity contribution in [3.63, 3.8) is 0 Å². The molecule has 3 nitrogen and oxygen atoms in total. The van der Waals surface area contributed by atoms with Crippen LogP contribution < -0.4 is 4.74 Å². The Labute approximate surface area is 126 Å². The molecule has 1 unspecified atom stereocenters. The molecular formula is C16H14ClFO3. The van der Waals surface area contributed by atoms with Gasteiger partial charge >= 0.3 is 5.97 Å². The molecule has 0 aliphatic rings. The Bertz CT molecular complexity index is 630. The van der Waals surface area contributed by atoms with Crippen molar-refractivity contribution in [1.29, 1.82) is 0 Å². The number of hydrogen-bond donors (Lipinski definition) is 1. The van der Waals surface area contributed by atoms with Gasteiger partial charge in [0, 0.05) is 5.02 Å². The lowest BCUT2D eigenvalue weighted by Gasteiger charge is -2.15. The zero-order valence-electron chi connectivity index (χ0n) is 11.1. The van der Waals surface area contributed by atoms with Crippen molar-refractivity contribution in [2.24, 2.45) is 0 Å². The summed E-state index contributed by atoms with van der Waals surface area (Å²) in [6.07, 6.45) is 0.202. The highest BCUT2D eigenvalue weighted by Gasteiger charge is 2.22. The first-order valence-corrected chi connectivity index (χ1v) is 6.82. The molecular weight excluding hydrogens is 295 g/mol. The van der Waals surface area contributed by atoms with Crippen LogP contribution in [0.1, 0.15) is 17.9 Å². The van der Waals surface area contributed by atoms with Gasteiger partial charge in [-0.1, -0.05) is 41.9 Å². The Balaban J connectivity index is 2.04. The van der Waals surface area contributed by atoms with Crippen molar-refractivity contribution >= 4 is 17.6 Å². The minimum Gasteiger partial charge on any atom is -0.490 e. The number of para-hydroxylation sites is 1. The van der Waals surface area contributed by atoms with Gasteiger partial charge in [0.15, 0.2) is 11.6 Å². The van der Waals surface area contributed by atoms with E-state index < -0.39 is 17.7 Å². The van der Waals surface area contributed by atoms with Crippen molar-refractivity contribution in [3.8, 4) is 5.75 Å². The second-order valence-electron chi connectivity index (χ2n) is 4.48. The number of halogens is 2. The topological polar surface area (TPSA) is 46.5 Å². The average molecular weight is 309 g/mol. The predicted molar refractivity (Wildman–Crippen MR) is 78.3 cm³/mol. The monoisotopic (exact) mass is 308 g/mol. The predicted octanol–water partition coefficient (Wildman–Crippen LogP) is 4.12. The van der Waals surface area contributed by atoms with Crippen LogP contribution in [0.4, 0.5) is 4.39 Å². The Kier molecular flexibility index (Phi) is 5.17. The van der Waals surface area contributed by atoms with E-state index in [0.29, 0.717) is 10.6 Å². The Morgan fingerprint density at radius 3 is 2.52 bits per heavy atom. The molecule has 0 saturated carbocycles. The van der Waals surface area contributed by atoms with E-state index in [-0.39, 0.29) is 18.8 Å².